The van der Waals surface area contributed by atoms with Gasteiger partial charge in [0.05, 0.1) is 17.7 Å². The molecule has 0 radical (unpaired) electrons. The summed E-state index contributed by atoms with van der Waals surface area (Å²) in [7, 11) is 1.65. The van der Waals surface area contributed by atoms with Gasteiger partial charge in [-0.05, 0) is 29.8 Å². The van der Waals surface area contributed by atoms with E-state index >= 15 is 0 Å². The number of rotatable bonds is 6. The summed E-state index contributed by atoms with van der Waals surface area (Å²) in [6.45, 7) is 1.06. The molecule has 1 aromatic carbocycles. The zero-order valence-electron chi connectivity index (χ0n) is 14.7. The van der Waals surface area contributed by atoms with Crippen molar-refractivity contribution in [2.75, 3.05) is 20.3 Å². The van der Waals surface area contributed by atoms with Crippen molar-refractivity contribution in [3.05, 3.63) is 66.5 Å². The summed E-state index contributed by atoms with van der Waals surface area (Å²) in [6.07, 6.45) is 6.98. The third kappa shape index (κ3) is 3.49. The molecule has 4 aromatic rings. The second-order valence-electron chi connectivity index (χ2n) is 5.85. The normalized spacial score (nSPS) is 11.0. The van der Waals surface area contributed by atoms with Crippen LogP contribution in [0.15, 0.2) is 61.3 Å². The van der Waals surface area contributed by atoms with Crippen LogP contribution in [-0.2, 0) is 4.74 Å². The Morgan fingerprint density at radius 2 is 1.78 bits per heavy atom. The topological polar surface area (TPSA) is 62.1 Å². The lowest BCUT2D eigenvalue weighted by molar-refractivity contribution is 0.146. The van der Waals surface area contributed by atoms with Crippen molar-refractivity contribution in [1.29, 1.82) is 0 Å². The fraction of sp³-hybridized carbons (Fsp3) is 0.150. The minimum atomic E-state index is 0.420. The molecule has 6 nitrogen and oxygen atoms in total. The highest BCUT2D eigenvalue weighted by atomic mass is 35.5. The minimum absolute atomic E-state index is 0.420. The van der Waals surface area contributed by atoms with Gasteiger partial charge in [0.25, 0.3) is 0 Å². The second kappa shape index (κ2) is 7.73. The molecule has 0 unspecified atom stereocenters. The van der Waals surface area contributed by atoms with E-state index in [1.807, 2.05) is 47.2 Å². The molecule has 4 rings (SSSR count). The molecule has 136 valence electrons. The summed E-state index contributed by atoms with van der Waals surface area (Å²) < 4.78 is 12.6. The Morgan fingerprint density at radius 3 is 2.52 bits per heavy atom. The summed E-state index contributed by atoms with van der Waals surface area (Å²) in [6, 6.07) is 11.7. The van der Waals surface area contributed by atoms with E-state index in [-0.39, 0.29) is 0 Å². The van der Waals surface area contributed by atoms with E-state index in [1.54, 1.807) is 19.5 Å². The van der Waals surface area contributed by atoms with Gasteiger partial charge in [0.15, 0.2) is 0 Å². The van der Waals surface area contributed by atoms with Crippen molar-refractivity contribution < 1.29 is 9.47 Å². The summed E-state index contributed by atoms with van der Waals surface area (Å²) in [5, 5.41) is 1.23. The molecule has 0 aliphatic rings. The molecule has 0 spiro atoms. The maximum absolute atomic E-state index is 6.41. The van der Waals surface area contributed by atoms with Gasteiger partial charge in [0, 0.05) is 31.3 Å². The number of aromatic nitrogens is 4. The molecule has 0 bridgehead atoms. The SMILES string of the molecule is COCCOc1ccc(-c2cn(-c3ccncc3)c3ncnc(Cl)c23)cc1. The van der Waals surface area contributed by atoms with Crippen LogP contribution in [0.25, 0.3) is 27.8 Å². The number of halogens is 1. The molecule has 3 heterocycles. The zero-order valence-corrected chi connectivity index (χ0v) is 15.4. The first-order valence-corrected chi connectivity index (χ1v) is 8.80. The van der Waals surface area contributed by atoms with E-state index in [0.717, 1.165) is 33.6 Å². The maximum atomic E-state index is 6.41. The molecule has 0 N–H and O–H groups in total. The third-order valence-corrected chi connectivity index (χ3v) is 4.49. The summed E-state index contributed by atoms with van der Waals surface area (Å²) in [5.41, 5.74) is 3.66. The molecular formula is C20H17ClN4O2. The molecule has 0 atom stereocenters. The van der Waals surface area contributed by atoms with E-state index in [0.29, 0.717) is 18.4 Å². The Morgan fingerprint density at radius 1 is 1.00 bits per heavy atom. The Labute approximate surface area is 161 Å². The predicted octanol–water partition coefficient (Wildman–Crippen LogP) is 4.16. The highest BCUT2D eigenvalue weighted by molar-refractivity contribution is 6.35. The number of benzene rings is 1. The van der Waals surface area contributed by atoms with E-state index in [1.165, 1.54) is 6.33 Å². The number of ether oxygens (including phenoxy) is 2. The average molecular weight is 381 g/mol. The monoisotopic (exact) mass is 380 g/mol. The van der Waals surface area contributed by atoms with Crippen LogP contribution in [0.3, 0.4) is 0 Å². The summed E-state index contributed by atoms with van der Waals surface area (Å²) in [5.74, 6) is 0.788. The van der Waals surface area contributed by atoms with Crippen LogP contribution in [0.4, 0.5) is 0 Å². The van der Waals surface area contributed by atoms with E-state index < -0.39 is 0 Å². The van der Waals surface area contributed by atoms with Crippen LogP contribution in [-0.4, -0.2) is 39.8 Å². The number of nitrogens with zero attached hydrogens (tertiary/aromatic N) is 4. The number of fused-ring (bicyclic) bond motifs is 1. The first-order chi connectivity index (χ1) is 13.3. The van der Waals surface area contributed by atoms with Gasteiger partial charge in [-0.2, -0.15) is 0 Å². The highest BCUT2D eigenvalue weighted by Gasteiger charge is 2.16. The van der Waals surface area contributed by atoms with Crippen LogP contribution >= 0.6 is 11.6 Å². The van der Waals surface area contributed by atoms with Crippen molar-refractivity contribution >= 4 is 22.6 Å². The Bertz CT molecular complexity index is 1050. The lowest BCUT2D eigenvalue weighted by atomic mass is 10.1. The van der Waals surface area contributed by atoms with Crippen LogP contribution in [0.5, 0.6) is 5.75 Å². The van der Waals surface area contributed by atoms with E-state index in [4.69, 9.17) is 21.1 Å². The van der Waals surface area contributed by atoms with E-state index in [2.05, 4.69) is 15.0 Å². The van der Waals surface area contributed by atoms with Crippen molar-refractivity contribution in [3.8, 4) is 22.6 Å². The van der Waals surface area contributed by atoms with Crippen molar-refractivity contribution in [2.45, 2.75) is 0 Å². The first kappa shape index (κ1) is 17.5. The predicted molar refractivity (Wildman–Crippen MR) is 104 cm³/mol. The molecule has 0 saturated heterocycles. The number of methoxy groups -OCH3 is 1. The highest BCUT2D eigenvalue weighted by Crippen LogP contribution is 2.35. The Balaban J connectivity index is 1.78. The molecule has 0 amide bonds. The van der Waals surface area contributed by atoms with Crippen LogP contribution < -0.4 is 4.74 Å². The van der Waals surface area contributed by atoms with Crippen LogP contribution in [0, 0.1) is 0 Å². The minimum Gasteiger partial charge on any atom is -0.491 e. The molecule has 7 heteroatoms. The Kier molecular flexibility index (Phi) is 5.00. The smallest absolute Gasteiger partial charge is 0.150 e. The van der Waals surface area contributed by atoms with Gasteiger partial charge in [0.1, 0.15) is 29.5 Å². The van der Waals surface area contributed by atoms with Crippen molar-refractivity contribution in [2.24, 2.45) is 0 Å². The van der Waals surface area contributed by atoms with Gasteiger partial charge < -0.3 is 14.0 Å². The average Bonchev–Trinajstić information content (AvgIpc) is 3.10. The maximum Gasteiger partial charge on any atom is 0.150 e. The number of hydrogen-bond donors (Lipinski definition) is 0. The molecule has 0 aliphatic carbocycles. The summed E-state index contributed by atoms with van der Waals surface area (Å²) >= 11 is 6.41. The molecule has 27 heavy (non-hydrogen) atoms. The molecule has 0 aliphatic heterocycles. The largest absolute Gasteiger partial charge is 0.491 e. The van der Waals surface area contributed by atoms with Crippen LogP contribution in [0.2, 0.25) is 5.15 Å². The third-order valence-electron chi connectivity index (χ3n) is 4.20. The lowest BCUT2D eigenvalue weighted by Crippen LogP contribution is -2.03. The Hall–Kier alpha value is -2.96. The zero-order chi connectivity index (χ0) is 18.6. The molecule has 3 aromatic heterocycles. The van der Waals surface area contributed by atoms with Gasteiger partial charge in [-0.25, -0.2) is 9.97 Å². The quantitative estimate of drug-likeness (QED) is 0.371. The summed E-state index contributed by atoms with van der Waals surface area (Å²) in [4.78, 5) is 12.7. The molecule has 0 saturated carbocycles. The van der Waals surface area contributed by atoms with Gasteiger partial charge >= 0.3 is 0 Å². The van der Waals surface area contributed by atoms with Crippen LogP contribution in [0.1, 0.15) is 0 Å². The molecular weight excluding hydrogens is 364 g/mol. The van der Waals surface area contributed by atoms with E-state index in [9.17, 15) is 0 Å². The van der Waals surface area contributed by atoms with Crippen molar-refractivity contribution in [3.63, 3.8) is 0 Å². The lowest BCUT2D eigenvalue weighted by Gasteiger charge is -2.06. The first-order valence-electron chi connectivity index (χ1n) is 8.42. The standard InChI is InChI=1S/C20H17ClN4O2/c1-26-10-11-27-16-4-2-14(3-5-16)17-12-25(15-6-8-22-9-7-15)20-18(17)19(21)23-13-24-20/h2-9,12-13H,10-11H2,1H3. The van der Waals surface area contributed by atoms with Gasteiger partial charge in [-0.1, -0.05) is 23.7 Å². The van der Waals surface area contributed by atoms with Gasteiger partial charge in [-0.15, -0.1) is 0 Å². The fourth-order valence-corrected chi connectivity index (χ4v) is 3.15. The number of pyridine rings is 1. The van der Waals surface area contributed by atoms with Gasteiger partial charge in [-0.3, -0.25) is 4.98 Å². The molecule has 0 fully saturated rings. The fourth-order valence-electron chi connectivity index (χ4n) is 2.92. The number of hydrogen-bond acceptors (Lipinski definition) is 5. The second-order valence-corrected chi connectivity index (χ2v) is 6.20. The van der Waals surface area contributed by atoms with Gasteiger partial charge in [0.2, 0.25) is 0 Å². The van der Waals surface area contributed by atoms with Crippen molar-refractivity contribution in [1.82, 2.24) is 19.5 Å².